The molecule has 1 heterocycles. The summed E-state index contributed by atoms with van der Waals surface area (Å²) in [5.74, 6) is 0.496. The van der Waals surface area contributed by atoms with Crippen LogP contribution in [0.15, 0.2) is 24.3 Å². The largest absolute Gasteiger partial charge is 0.313 e. The fraction of sp³-hybridized carbons (Fsp3) is 0.462. The molecular weight excluding hydrogens is 245 g/mol. The van der Waals surface area contributed by atoms with Crippen LogP contribution in [0.25, 0.3) is 0 Å². The van der Waals surface area contributed by atoms with Crippen LogP contribution in [0, 0.1) is 5.82 Å². The van der Waals surface area contributed by atoms with Gasteiger partial charge < -0.3 is 5.32 Å². The Hall–Kier alpha value is -1.82. The van der Waals surface area contributed by atoms with Crippen molar-refractivity contribution in [1.82, 2.24) is 25.5 Å². The number of aromatic nitrogens is 4. The molecule has 0 aliphatic carbocycles. The molecule has 1 unspecified atom stereocenters. The Balaban J connectivity index is 2.03. The van der Waals surface area contributed by atoms with Crippen LogP contribution in [0.1, 0.15) is 18.3 Å². The average molecular weight is 263 g/mol. The van der Waals surface area contributed by atoms with Gasteiger partial charge in [0.25, 0.3) is 0 Å². The lowest BCUT2D eigenvalue weighted by Gasteiger charge is -2.16. The Morgan fingerprint density at radius 1 is 1.37 bits per heavy atom. The Morgan fingerprint density at radius 2 is 2.21 bits per heavy atom. The minimum Gasteiger partial charge on any atom is -0.313 e. The highest BCUT2D eigenvalue weighted by atomic mass is 19.1. The molecule has 2 rings (SSSR count). The van der Waals surface area contributed by atoms with E-state index in [1.54, 1.807) is 19.2 Å². The Bertz CT molecular complexity index is 525. The van der Waals surface area contributed by atoms with Crippen molar-refractivity contribution in [2.45, 2.75) is 25.8 Å². The Kier molecular flexibility index (Phi) is 4.57. The molecule has 0 amide bonds. The summed E-state index contributed by atoms with van der Waals surface area (Å²) in [4.78, 5) is 1.44. The van der Waals surface area contributed by atoms with Crippen LogP contribution in [-0.2, 0) is 19.9 Å². The molecule has 5 nitrogen and oxygen atoms in total. The molecule has 0 aliphatic heterocycles. The van der Waals surface area contributed by atoms with Crippen LogP contribution in [-0.4, -0.2) is 32.8 Å². The van der Waals surface area contributed by atoms with Crippen molar-refractivity contribution in [3.63, 3.8) is 0 Å². The summed E-state index contributed by atoms with van der Waals surface area (Å²) in [6.45, 7) is 2.89. The van der Waals surface area contributed by atoms with Crippen molar-refractivity contribution in [1.29, 1.82) is 0 Å². The number of hydrogen-bond donors (Lipinski definition) is 1. The van der Waals surface area contributed by atoms with E-state index < -0.39 is 0 Å². The summed E-state index contributed by atoms with van der Waals surface area (Å²) in [5, 5.41) is 15.3. The van der Waals surface area contributed by atoms with Crippen LogP contribution in [0.5, 0.6) is 0 Å². The molecule has 19 heavy (non-hydrogen) atoms. The van der Waals surface area contributed by atoms with Crippen LogP contribution >= 0.6 is 0 Å². The predicted octanol–water partition coefficient (Wildman–Crippen LogP) is 1.11. The van der Waals surface area contributed by atoms with Crippen molar-refractivity contribution in [3.05, 3.63) is 41.5 Å². The summed E-state index contributed by atoms with van der Waals surface area (Å²) in [7, 11) is 1.74. The summed E-state index contributed by atoms with van der Waals surface area (Å²) in [6.07, 6.45) is 1.42. The Labute approximate surface area is 111 Å². The quantitative estimate of drug-likeness (QED) is 0.848. The molecule has 1 aromatic carbocycles. The molecular formula is C13H18FN5. The minimum atomic E-state index is -0.203. The van der Waals surface area contributed by atoms with Crippen LogP contribution in [0.2, 0.25) is 0 Å². The first-order valence-electron chi connectivity index (χ1n) is 6.38. The second-order valence-corrected chi connectivity index (χ2v) is 4.49. The van der Waals surface area contributed by atoms with E-state index in [0.717, 1.165) is 18.5 Å². The van der Waals surface area contributed by atoms with Gasteiger partial charge in [0.15, 0.2) is 5.82 Å². The first kappa shape index (κ1) is 13.6. The zero-order valence-electron chi connectivity index (χ0n) is 11.2. The molecule has 1 atom stereocenters. The fourth-order valence-electron chi connectivity index (χ4n) is 2.08. The van der Waals surface area contributed by atoms with Gasteiger partial charge in [-0.1, -0.05) is 19.1 Å². The highest BCUT2D eigenvalue weighted by molar-refractivity contribution is 5.17. The number of halogens is 1. The van der Waals surface area contributed by atoms with Crippen LogP contribution < -0.4 is 5.32 Å². The van der Waals surface area contributed by atoms with E-state index in [-0.39, 0.29) is 11.9 Å². The van der Waals surface area contributed by atoms with E-state index in [2.05, 4.69) is 20.7 Å². The van der Waals surface area contributed by atoms with Gasteiger partial charge in [-0.15, -0.1) is 10.2 Å². The first-order chi connectivity index (χ1) is 9.17. The van der Waals surface area contributed by atoms with Gasteiger partial charge in [-0.2, -0.15) is 4.80 Å². The molecule has 0 bridgehead atoms. The molecule has 2 aromatic rings. The third-order valence-electron chi connectivity index (χ3n) is 2.84. The summed E-state index contributed by atoms with van der Waals surface area (Å²) in [5.41, 5.74) is 0.967. The van der Waals surface area contributed by atoms with E-state index in [9.17, 15) is 4.39 Å². The summed E-state index contributed by atoms with van der Waals surface area (Å²) in [6, 6.07) is 6.85. The molecule has 1 aromatic heterocycles. The molecule has 102 valence electrons. The number of likely N-dealkylation sites (N-methyl/N-ethyl adjacent to an activating group) is 1. The highest BCUT2D eigenvalue weighted by Gasteiger charge is 2.13. The van der Waals surface area contributed by atoms with Gasteiger partial charge in [0.2, 0.25) is 0 Å². The van der Waals surface area contributed by atoms with Gasteiger partial charge in [-0.05, 0) is 35.9 Å². The lowest BCUT2D eigenvalue weighted by atomic mass is 10.0. The van der Waals surface area contributed by atoms with E-state index in [1.807, 2.05) is 13.0 Å². The molecule has 0 saturated heterocycles. The standard InChI is InChI=1S/C13H18FN5/c1-3-15-12(9-13-16-18-19(2)17-13)8-10-5-4-6-11(14)7-10/h4-7,12,15H,3,8-9H2,1-2H3. The molecule has 0 radical (unpaired) electrons. The lowest BCUT2D eigenvalue weighted by molar-refractivity contribution is 0.507. The number of nitrogens with one attached hydrogen (secondary N) is 1. The van der Waals surface area contributed by atoms with Crippen LogP contribution in [0.3, 0.4) is 0 Å². The van der Waals surface area contributed by atoms with Crippen molar-refractivity contribution < 1.29 is 4.39 Å². The SMILES string of the molecule is CCNC(Cc1cccc(F)c1)Cc1nnn(C)n1. The number of rotatable bonds is 6. The number of nitrogens with zero attached hydrogens (tertiary/aromatic N) is 4. The second-order valence-electron chi connectivity index (χ2n) is 4.49. The smallest absolute Gasteiger partial charge is 0.176 e. The number of hydrogen-bond acceptors (Lipinski definition) is 4. The number of aryl methyl sites for hydroxylation is 1. The van der Waals surface area contributed by atoms with E-state index in [0.29, 0.717) is 12.2 Å². The Morgan fingerprint density at radius 3 is 2.84 bits per heavy atom. The summed E-state index contributed by atoms with van der Waals surface area (Å²) < 4.78 is 13.2. The van der Waals surface area contributed by atoms with E-state index >= 15 is 0 Å². The maximum absolute atomic E-state index is 13.2. The van der Waals surface area contributed by atoms with Gasteiger partial charge in [-0.25, -0.2) is 4.39 Å². The first-order valence-corrected chi connectivity index (χ1v) is 6.38. The fourth-order valence-corrected chi connectivity index (χ4v) is 2.08. The van der Waals surface area contributed by atoms with Gasteiger partial charge in [0.05, 0.1) is 7.05 Å². The topological polar surface area (TPSA) is 55.6 Å². The molecule has 0 saturated carbocycles. The number of tetrazole rings is 1. The third-order valence-corrected chi connectivity index (χ3v) is 2.84. The molecule has 0 fully saturated rings. The van der Waals surface area contributed by atoms with E-state index in [4.69, 9.17) is 0 Å². The van der Waals surface area contributed by atoms with Crippen molar-refractivity contribution in [3.8, 4) is 0 Å². The van der Waals surface area contributed by atoms with Crippen molar-refractivity contribution in [2.75, 3.05) is 6.54 Å². The van der Waals surface area contributed by atoms with Crippen molar-refractivity contribution in [2.24, 2.45) is 7.05 Å². The molecule has 6 heteroatoms. The molecule has 0 spiro atoms. The zero-order chi connectivity index (χ0) is 13.7. The maximum Gasteiger partial charge on any atom is 0.176 e. The van der Waals surface area contributed by atoms with Gasteiger partial charge in [-0.3, -0.25) is 0 Å². The third kappa shape index (κ3) is 4.10. The minimum absolute atomic E-state index is 0.177. The second kappa shape index (κ2) is 6.38. The normalized spacial score (nSPS) is 12.6. The maximum atomic E-state index is 13.2. The van der Waals surface area contributed by atoms with Crippen LogP contribution in [0.4, 0.5) is 4.39 Å². The monoisotopic (exact) mass is 263 g/mol. The molecule has 1 N–H and O–H groups in total. The van der Waals surface area contributed by atoms with E-state index in [1.165, 1.54) is 10.9 Å². The van der Waals surface area contributed by atoms with Gasteiger partial charge in [0, 0.05) is 12.5 Å². The predicted molar refractivity (Wildman–Crippen MR) is 70.1 cm³/mol. The number of benzene rings is 1. The average Bonchev–Trinajstić information content (AvgIpc) is 2.75. The summed E-state index contributed by atoms with van der Waals surface area (Å²) >= 11 is 0. The zero-order valence-corrected chi connectivity index (χ0v) is 11.2. The molecule has 0 aliphatic rings. The van der Waals surface area contributed by atoms with Gasteiger partial charge in [0.1, 0.15) is 5.82 Å². The lowest BCUT2D eigenvalue weighted by Crippen LogP contribution is -2.33. The highest BCUT2D eigenvalue weighted by Crippen LogP contribution is 2.08. The van der Waals surface area contributed by atoms with Gasteiger partial charge >= 0.3 is 0 Å². The van der Waals surface area contributed by atoms with Crippen molar-refractivity contribution >= 4 is 0 Å².